The molecular formula is C23H27N3O3S. The van der Waals surface area contributed by atoms with E-state index in [0.717, 1.165) is 66.2 Å². The van der Waals surface area contributed by atoms with Crippen LogP contribution in [0.2, 0.25) is 0 Å². The van der Waals surface area contributed by atoms with Crippen LogP contribution < -0.4 is 19.1 Å². The zero-order valence-electron chi connectivity index (χ0n) is 17.6. The molecule has 158 valence electrons. The Balaban J connectivity index is 1.38. The molecule has 1 fully saturated rings. The summed E-state index contributed by atoms with van der Waals surface area (Å²) in [4.78, 5) is 9.71. The molecule has 30 heavy (non-hydrogen) atoms. The lowest BCUT2D eigenvalue weighted by molar-refractivity contribution is 0.247. The molecule has 0 radical (unpaired) electrons. The molecule has 0 aliphatic carbocycles. The Kier molecular flexibility index (Phi) is 6.40. The number of benzene rings is 2. The van der Waals surface area contributed by atoms with Gasteiger partial charge in [-0.05, 0) is 30.3 Å². The fourth-order valence-corrected chi connectivity index (χ4v) is 4.56. The van der Waals surface area contributed by atoms with Gasteiger partial charge in [-0.25, -0.2) is 4.98 Å². The Hall–Kier alpha value is -2.77. The molecule has 0 spiro atoms. The second kappa shape index (κ2) is 9.36. The maximum Gasteiger partial charge on any atom is 0.161 e. The third kappa shape index (κ3) is 4.37. The number of aromatic nitrogens is 1. The lowest BCUT2D eigenvalue weighted by Crippen LogP contribution is -2.46. The van der Waals surface area contributed by atoms with Crippen LogP contribution in [-0.2, 0) is 6.54 Å². The lowest BCUT2D eigenvalue weighted by Gasteiger charge is -2.36. The van der Waals surface area contributed by atoms with Crippen LogP contribution in [0.1, 0.15) is 5.69 Å². The molecule has 2 heterocycles. The minimum absolute atomic E-state index is 0.721. The van der Waals surface area contributed by atoms with Crippen LogP contribution >= 0.6 is 11.3 Å². The summed E-state index contributed by atoms with van der Waals surface area (Å²) in [7, 11) is 5.03. The van der Waals surface area contributed by atoms with Crippen LogP contribution in [-0.4, -0.2) is 57.4 Å². The third-order valence-electron chi connectivity index (χ3n) is 5.37. The monoisotopic (exact) mass is 425 g/mol. The molecule has 0 amide bonds. The first kappa shape index (κ1) is 20.5. The summed E-state index contributed by atoms with van der Waals surface area (Å²) in [6, 6.07) is 14.2. The highest BCUT2D eigenvalue weighted by Gasteiger charge is 2.20. The summed E-state index contributed by atoms with van der Waals surface area (Å²) in [5, 5.41) is 3.15. The zero-order valence-corrected chi connectivity index (χ0v) is 18.4. The van der Waals surface area contributed by atoms with Gasteiger partial charge in [-0.2, -0.15) is 0 Å². The second-order valence-electron chi connectivity index (χ2n) is 7.15. The van der Waals surface area contributed by atoms with E-state index in [-0.39, 0.29) is 0 Å². The van der Waals surface area contributed by atoms with E-state index in [9.17, 15) is 0 Å². The molecule has 7 heteroatoms. The Morgan fingerprint density at radius 2 is 1.60 bits per heavy atom. The maximum atomic E-state index is 5.52. The number of anilines is 1. The van der Waals surface area contributed by atoms with Gasteiger partial charge in [0, 0.05) is 43.7 Å². The van der Waals surface area contributed by atoms with Crippen molar-refractivity contribution >= 4 is 17.0 Å². The van der Waals surface area contributed by atoms with Crippen LogP contribution in [0, 0.1) is 0 Å². The lowest BCUT2D eigenvalue weighted by atomic mass is 10.2. The molecule has 0 bridgehead atoms. The molecule has 1 aliphatic heterocycles. The van der Waals surface area contributed by atoms with Crippen molar-refractivity contribution in [2.24, 2.45) is 0 Å². The zero-order chi connectivity index (χ0) is 20.9. The number of nitrogens with zero attached hydrogens (tertiary/aromatic N) is 3. The summed E-state index contributed by atoms with van der Waals surface area (Å²) in [6.07, 6.45) is 0. The van der Waals surface area contributed by atoms with E-state index in [1.54, 1.807) is 32.7 Å². The molecule has 0 N–H and O–H groups in total. The first-order valence-electron chi connectivity index (χ1n) is 9.99. The number of hydrogen-bond donors (Lipinski definition) is 0. The van der Waals surface area contributed by atoms with E-state index in [1.807, 2.05) is 30.3 Å². The van der Waals surface area contributed by atoms with Crippen LogP contribution in [0.5, 0.6) is 17.2 Å². The van der Waals surface area contributed by atoms with Gasteiger partial charge in [-0.3, -0.25) is 4.90 Å². The van der Waals surface area contributed by atoms with Gasteiger partial charge in [0.2, 0.25) is 0 Å². The van der Waals surface area contributed by atoms with E-state index >= 15 is 0 Å². The molecule has 0 unspecified atom stereocenters. The average molecular weight is 426 g/mol. The number of piperazine rings is 1. The van der Waals surface area contributed by atoms with Crippen molar-refractivity contribution in [1.82, 2.24) is 9.88 Å². The molecule has 0 atom stereocenters. The Bertz CT molecular complexity index is 983. The number of thiazole rings is 1. The summed E-state index contributed by atoms with van der Waals surface area (Å²) >= 11 is 1.67. The van der Waals surface area contributed by atoms with Gasteiger partial charge in [0.25, 0.3) is 0 Å². The Morgan fingerprint density at radius 3 is 2.33 bits per heavy atom. The van der Waals surface area contributed by atoms with Gasteiger partial charge in [0.1, 0.15) is 10.8 Å². The molecule has 0 saturated carbocycles. The predicted octanol–water partition coefficient (Wildman–Crippen LogP) is 4.16. The van der Waals surface area contributed by atoms with Gasteiger partial charge in [-0.1, -0.05) is 12.1 Å². The maximum absolute atomic E-state index is 5.52. The fourth-order valence-electron chi connectivity index (χ4n) is 3.75. The van der Waals surface area contributed by atoms with E-state index in [4.69, 9.17) is 19.2 Å². The number of ether oxygens (including phenoxy) is 3. The van der Waals surface area contributed by atoms with Gasteiger partial charge < -0.3 is 19.1 Å². The number of rotatable bonds is 7. The minimum atomic E-state index is 0.721. The second-order valence-corrected chi connectivity index (χ2v) is 8.01. The van der Waals surface area contributed by atoms with Gasteiger partial charge >= 0.3 is 0 Å². The van der Waals surface area contributed by atoms with E-state index in [2.05, 4.69) is 27.3 Å². The topological polar surface area (TPSA) is 47.1 Å². The molecule has 6 nitrogen and oxygen atoms in total. The van der Waals surface area contributed by atoms with Crippen LogP contribution in [0.25, 0.3) is 10.6 Å². The first-order chi connectivity index (χ1) is 14.7. The largest absolute Gasteiger partial charge is 0.495 e. The smallest absolute Gasteiger partial charge is 0.161 e. The van der Waals surface area contributed by atoms with E-state index in [0.29, 0.717) is 0 Å². The van der Waals surface area contributed by atoms with Crippen LogP contribution in [0.3, 0.4) is 0 Å². The molecule has 1 aromatic heterocycles. The predicted molar refractivity (Wildman–Crippen MR) is 121 cm³/mol. The summed E-state index contributed by atoms with van der Waals surface area (Å²) in [5.41, 5.74) is 3.32. The van der Waals surface area contributed by atoms with Crippen molar-refractivity contribution in [3.05, 3.63) is 53.5 Å². The molecule has 3 aromatic rings. The van der Waals surface area contributed by atoms with Crippen LogP contribution in [0.15, 0.2) is 47.8 Å². The van der Waals surface area contributed by atoms with Gasteiger partial charge in [-0.15, -0.1) is 11.3 Å². The van der Waals surface area contributed by atoms with Gasteiger partial charge in [0.05, 0.1) is 32.7 Å². The highest BCUT2D eigenvalue weighted by atomic mass is 32.1. The van der Waals surface area contributed by atoms with E-state index < -0.39 is 0 Å². The van der Waals surface area contributed by atoms with Crippen molar-refractivity contribution in [3.63, 3.8) is 0 Å². The molecule has 4 rings (SSSR count). The van der Waals surface area contributed by atoms with Crippen molar-refractivity contribution in [2.45, 2.75) is 6.54 Å². The van der Waals surface area contributed by atoms with E-state index in [1.165, 1.54) is 5.69 Å². The summed E-state index contributed by atoms with van der Waals surface area (Å²) in [5.74, 6) is 2.38. The number of hydrogen-bond acceptors (Lipinski definition) is 7. The normalized spacial score (nSPS) is 14.6. The quantitative estimate of drug-likeness (QED) is 0.567. The van der Waals surface area contributed by atoms with Crippen molar-refractivity contribution in [1.29, 1.82) is 0 Å². The standard InChI is InChI=1S/C23H27N3O3S/c1-27-20-7-5-4-6-19(20)26-12-10-25(11-13-26)15-18-16-30-23(24-18)17-8-9-21(28-2)22(14-17)29-3/h4-9,14,16H,10-13,15H2,1-3H3. The van der Waals surface area contributed by atoms with Crippen LogP contribution in [0.4, 0.5) is 5.69 Å². The fraction of sp³-hybridized carbons (Fsp3) is 0.348. The minimum Gasteiger partial charge on any atom is -0.495 e. The summed E-state index contributed by atoms with van der Waals surface area (Å²) in [6.45, 7) is 4.83. The molecule has 1 saturated heterocycles. The first-order valence-corrected chi connectivity index (χ1v) is 10.9. The Labute approximate surface area is 181 Å². The van der Waals surface area contributed by atoms with Crippen molar-refractivity contribution in [3.8, 4) is 27.8 Å². The summed E-state index contributed by atoms with van der Waals surface area (Å²) < 4.78 is 16.3. The molecule has 1 aliphatic rings. The van der Waals surface area contributed by atoms with Gasteiger partial charge in [0.15, 0.2) is 11.5 Å². The SMILES string of the molecule is COc1ccc(-c2nc(CN3CCN(c4ccccc4OC)CC3)cs2)cc1OC. The highest BCUT2D eigenvalue weighted by molar-refractivity contribution is 7.13. The Morgan fingerprint density at radius 1 is 0.867 bits per heavy atom. The number of methoxy groups -OCH3 is 3. The average Bonchev–Trinajstić information content (AvgIpc) is 3.27. The van der Waals surface area contributed by atoms with Crippen molar-refractivity contribution in [2.75, 3.05) is 52.4 Å². The third-order valence-corrected chi connectivity index (χ3v) is 6.31. The molecular weight excluding hydrogens is 398 g/mol. The van der Waals surface area contributed by atoms with Crippen molar-refractivity contribution < 1.29 is 14.2 Å². The molecule has 2 aromatic carbocycles. The highest BCUT2D eigenvalue weighted by Crippen LogP contribution is 2.34. The number of para-hydroxylation sites is 2.